The largest absolute Gasteiger partial charge is 0.397 e. The quantitative estimate of drug-likeness (QED) is 0.617. The molecule has 0 spiro atoms. The van der Waals surface area contributed by atoms with E-state index >= 15 is 0 Å². The molecule has 7 heteroatoms. The maximum Gasteiger partial charge on any atom is 0.255 e. The Hall–Kier alpha value is -3.61. The molecule has 0 aliphatic carbocycles. The van der Waals surface area contributed by atoms with Gasteiger partial charge in [-0.05, 0) is 29.8 Å². The van der Waals surface area contributed by atoms with Gasteiger partial charge in [-0.2, -0.15) is 5.10 Å². The number of hydrogen-bond acceptors (Lipinski definition) is 4. The molecule has 0 radical (unpaired) electrons. The Morgan fingerprint density at radius 3 is 2.40 bits per heavy atom. The van der Waals surface area contributed by atoms with Crippen LogP contribution in [0.25, 0.3) is 0 Å². The van der Waals surface area contributed by atoms with Gasteiger partial charge in [0.1, 0.15) is 0 Å². The van der Waals surface area contributed by atoms with Gasteiger partial charge in [0.05, 0.1) is 29.7 Å². The fraction of sp³-hybridized carbons (Fsp3) is 0.0556. The zero-order valence-electron chi connectivity index (χ0n) is 13.3. The molecular formula is C18H17N5O2. The monoisotopic (exact) mass is 335 g/mol. The summed E-state index contributed by atoms with van der Waals surface area (Å²) in [5.74, 6) is -0.752. The molecule has 0 atom stereocenters. The number of carbonyl (C=O) groups is 2. The number of carbonyl (C=O) groups excluding carboxylic acids is 2. The van der Waals surface area contributed by atoms with E-state index in [2.05, 4.69) is 10.4 Å². The first-order valence-electron chi connectivity index (χ1n) is 7.60. The smallest absolute Gasteiger partial charge is 0.255 e. The van der Waals surface area contributed by atoms with Crippen molar-refractivity contribution in [1.82, 2.24) is 9.78 Å². The van der Waals surface area contributed by atoms with Gasteiger partial charge in [0.2, 0.25) is 0 Å². The summed E-state index contributed by atoms with van der Waals surface area (Å²) in [5, 5.41) is 6.86. The van der Waals surface area contributed by atoms with Crippen LogP contribution in [0.2, 0.25) is 0 Å². The average molecular weight is 335 g/mol. The van der Waals surface area contributed by atoms with Crippen molar-refractivity contribution >= 4 is 23.2 Å². The van der Waals surface area contributed by atoms with E-state index < -0.39 is 5.91 Å². The van der Waals surface area contributed by atoms with Crippen LogP contribution in [0.3, 0.4) is 0 Å². The number of aromatic nitrogens is 2. The molecule has 3 aromatic rings. The van der Waals surface area contributed by atoms with Gasteiger partial charge < -0.3 is 16.8 Å². The number of nitrogens with zero attached hydrogens (tertiary/aromatic N) is 2. The molecule has 2 amide bonds. The van der Waals surface area contributed by atoms with E-state index in [9.17, 15) is 9.59 Å². The van der Waals surface area contributed by atoms with Crippen LogP contribution in [-0.2, 0) is 6.54 Å². The molecule has 0 bridgehead atoms. The number of para-hydroxylation sites is 2. The molecule has 25 heavy (non-hydrogen) atoms. The van der Waals surface area contributed by atoms with Crippen LogP contribution in [0.4, 0.5) is 11.4 Å². The van der Waals surface area contributed by atoms with Gasteiger partial charge in [-0.1, -0.05) is 24.3 Å². The van der Waals surface area contributed by atoms with E-state index in [0.717, 1.165) is 5.56 Å². The van der Waals surface area contributed by atoms with Crippen LogP contribution in [-0.4, -0.2) is 21.6 Å². The van der Waals surface area contributed by atoms with Crippen molar-refractivity contribution in [3.8, 4) is 0 Å². The standard InChI is InChI=1S/C18H17N5O2/c19-15-3-1-2-4-16(15)22-18(25)13-7-5-12(6-8-13)10-23-11-14(9-21-23)17(20)24/h1-9,11H,10,19H2,(H2,20,24)(H,22,25). The SMILES string of the molecule is NC(=O)c1cnn(Cc2ccc(C(=O)Nc3ccccc3N)cc2)c1. The average Bonchev–Trinajstić information content (AvgIpc) is 3.06. The molecule has 0 unspecified atom stereocenters. The molecule has 0 aliphatic heterocycles. The minimum absolute atomic E-state index is 0.237. The fourth-order valence-corrected chi connectivity index (χ4v) is 2.33. The van der Waals surface area contributed by atoms with E-state index in [4.69, 9.17) is 11.5 Å². The normalized spacial score (nSPS) is 10.4. The fourth-order valence-electron chi connectivity index (χ4n) is 2.33. The van der Waals surface area contributed by atoms with Crippen LogP contribution >= 0.6 is 0 Å². The van der Waals surface area contributed by atoms with Crippen molar-refractivity contribution in [3.63, 3.8) is 0 Å². The summed E-state index contributed by atoms with van der Waals surface area (Å²) in [6.07, 6.45) is 3.01. The molecule has 5 N–H and O–H groups in total. The maximum atomic E-state index is 12.3. The van der Waals surface area contributed by atoms with Crippen molar-refractivity contribution in [2.45, 2.75) is 6.54 Å². The summed E-state index contributed by atoms with van der Waals surface area (Å²) in [7, 11) is 0. The van der Waals surface area contributed by atoms with E-state index in [1.54, 1.807) is 47.3 Å². The molecule has 0 saturated carbocycles. The molecule has 2 aromatic carbocycles. The number of nitrogen functional groups attached to an aromatic ring is 1. The van der Waals surface area contributed by atoms with Crippen molar-refractivity contribution in [1.29, 1.82) is 0 Å². The lowest BCUT2D eigenvalue weighted by Crippen LogP contribution is -2.13. The van der Waals surface area contributed by atoms with Crippen LogP contribution in [0.1, 0.15) is 26.3 Å². The molecule has 3 rings (SSSR count). The topological polar surface area (TPSA) is 116 Å². The second-order valence-corrected chi connectivity index (χ2v) is 5.53. The minimum Gasteiger partial charge on any atom is -0.397 e. The number of amides is 2. The number of nitrogens with one attached hydrogen (secondary N) is 1. The first-order chi connectivity index (χ1) is 12.0. The van der Waals surface area contributed by atoms with Gasteiger partial charge in [0.25, 0.3) is 11.8 Å². The highest BCUT2D eigenvalue weighted by atomic mass is 16.2. The third-order valence-electron chi connectivity index (χ3n) is 3.69. The van der Waals surface area contributed by atoms with Gasteiger partial charge in [0, 0.05) is 11.8 Å². The molecule has 0 aliphatic rings. The van der Waals surface area contributed by atoms with Gasteiger partial charge in [0.15, 0.2) is 0 Å². The second-order valence-electron chi connectivity index (χ2n) is 5.53. The van der Waals surface area contributed by atoms with Crippen molar-refractivity contribution in [3.05, 3.63) is 77.6 Å². The molecule has 7 nitrogen and oxygen atoms in total. The second kappa shape index (κ2) is 6.88. The zero-order valence-corrected chi connectivity index (χ0v) is 13.3. The van der Waals surface area contributed by atoms with Crippen LogP contribution in [0.15, 0.2) is 60.9 Å². The van der Waals surface area contributed by atoms with Crippen molar-refractivity contribution in [2.75, 3.05) is 11.1 Å². The first kappa shape index (κ1) is 16.3. The number of primary amides is 1. The lowest BCUT2D eigenvalue weighted by atomic mass is 10.1. The lowest BCUT2D eigenvalue weighted by Gasteiger charge is -2.08. The zero-order chi connectivity index (χ0) is 17.8. The minimum atomic E-state index is -0.515. The van der Waals surface area contributed by atoms with E-state index in [0.29, 0.717) is 29.0 Å². The van der Waals surface area contributed by atoms with Crippen LogP contribution in [0.5, 0.6) is 0 Å². The van der Waals surface area contributed by atoms with Crippen LogP contribution in [0, 0.1) is 0 Å². The molecule has 1 heterocycles. The third-order valence-corrected chi connectivity index (χ3v) is 3.69. The number of benzene rings is 2. The summed E-state index contributed by atoms with van der Waals surface area (Å²) < 4.78 is 1.61. The van der Waals surface area contributed by atoms with Gasteiger partial charge in [-0.25, -0.2) is 0 Å². The predicted molar refractivity (Wildman–Crippen MR) is 95.1 cm³/mol. The third kappa shape index (κ3) is 3.84. The van der Waals surface area contributed by atoms with Crippen molar-refractivity contribution < 1.29 is 9.59 Å². The molecule has 0 fully saturated rings. The highest BCUT2D eigenvalue weighted by Crippen LogP contribution is 2.18. The number of hydrogen-bond donors (Lipinski definition) is 3. The lowest BCUT2D eigenvalue weighted by molar-refractivity contribution is 0.0997. The first-order valence-corrected chi connectivity index (χ1v) is 7.60. The maximum absolute atomic E-state index is 12.3. The Morgan fingerprint density at radius 1 is 1.04 bits per heavy atom. The summed E-state index contributed by atoms with van der Waals surface area (Å²) >= 11 is 0. The number of nitrogens with two attached hydrogens (primary N) is 2. The summed E-state index contributed by atoms with van der Waals surface area (Å²) in [6, 6.07) is 14.2. The molecule has 126 valence electrons. The summed E-state index contributed by atoms with van der Waals surface area (Å²) in [6.45, 7) is 0.473. The Bertz CT molecular complexity index is 915. The highest BCUT2D eigenvalue weighted by Gasteiger charge is 2.08. The number of anilines is 2. The van der Waals surface area contributed by atoms with Gasteiger partial charge in [-0.15, -0.1) is 0 Å². The molecule has 1 aromatic heterocycles. The Kier molecular flexibility index (Phi) is 4.47. The van der Waals surface area contributed by atoms with Gasteiger partial charge in [-0.3, -0.25) is 14.3 Å². The molecule has 0 saturated heterocycles. The summed E-state index contributed by atoms with van der Waals surface area (Å²) in [4.78, 5) is 23.4. The van der Waals surface area contributed by atoms with Gasteiger partial charge >= 0.3 is 0 Å². The van der Waals surface area contributed by atoms with E-state index in [1.165, 1.54) is 6.20 Å². The van der Waals surface area contributed by atoms with Crippen LogP contribution < -0.4 is 16.8 Å². The van der Waals surface area contributed by atoms with E-state index in [1.807, 2.05) is 12.1 Å². The Balaban J connectivity index is 1.68. The summed E-state index contributed by atoms with van der Waals surface area (Å²) in [5.41, 5.74) is 13.9. The number of rotatable bonds is 5. The Morgan fingerprint density at radius 2 is 1.76 bits per heavy atom. The predicted octanol–water partition coefficient (Wildman–Crippen LogP) is 1.86. The highest BCUT2D eigenvalue weighted by molar-refractivity contribution is 6.05. The Labute approximate surface area is 144 Å². The van der Waals surface area contributed by atoms with Crippen molar-refractivity contribution in [2.24, 2.45) is 5.73 Å². The molecular weight excluding hydrogens is 318 g/mol. The van der Waals surface area contributed by atoms with E-state index in [-0.39, 0.29) is 5.91 Å².